The minimum atomic E-state index is -0.859. The Balaban J connectivity index is 1.90. The fourth-order valence-corrected chi connectivity index (χ4v) is 3.96. The van der Waals surface area contributed by atoms with Crippen molar-refractivity contribution in [3.63, 3.8) is 0 Å². The van der Waals surface area contributed by atoms with Gasteiger partial charge in [-0.1, -0.05) is 0 Å². The molecule has 0 radical (unpaired) electrons. The summed E-state index contributed by atoms with van der Waals surface area (Å²) >= 11 is 0. The molecular weight excluding hydrogens is 280 g/mol. The van der Waals surface area contributed by atoms with Gasteiger partial charge in [0.15, 0.2) is 0 Å². The van der Waals surface area contributed by atoms with E-state index in [0.717, 1.165) is 12.8 Å². The number of fused-ring (bicyclic) bond motifs is 2. The molecule has 2 N–H and O–H groups in total. The lowest BCUT2D eigenvalue weighted by Gasteiger charge is -2.25. The number of hydrogen-bond donors (Lipinski definition) is 2. The second kappa shape index (κ2) is 6.11. The fraction of sp³-hybridized carbons (Fsp3) is 0.846. The molecule has 2 fully saturated rings. The molecule has 0 aromatic rings. The largest absolute Gasteiger partial charge is 0.481 e. The maximum Gasteiger partial charge on any atom is 0.318 e. The third kappa shape index (κ3) is 3.13. The Bertz CT molecular complexity index is 429. The van der Waals surface area contributed by atoms with Gasteiger partial charge in [-0.25, -0.2) is 4.79 Å². The number of carbonyl (C=O) groups excluding carboxylic acids is 1. The van der Waals surface area contributed by atoms with Crippen LogP contribution in [-0.2, 0) is 15.6 Å². The number of hydrogen-bond acceptors (Lipinski definition) is 3. The number of nitrogens with zero attached hydrogens (tertiary/aromatic N) is 1. The van der Waals surface area contributed by atoms with Crippen LogP contribution in [-0.4, -0.2) is 56.3 Å². The van der Waals surface area contributed by atoms with E-state index in [0.29, 0.717) is 18.6 Å². The predicted molar refractivity (Wildman–Crippen MR) is 75.9 cm³/mol. The molecule has 2 bridgehead atoms. The van der Waals surface area contributed by atoms with E-state index in [9.17, 15) is 13.8 Å². The molecule has 2 rings (SSSR count). The zero-order valence-corrected chi connectivity index (χ0v) is 12.7. The second-order valence-electron chi connectivity index (χ2n) is 5.80. The molecule has 0 aliphatic carbocycles. The van der Waals surface area contributed by atoms with Crippen LogP contribution in [0.4, 0.5) is 4.79 Å². The number of carbonyl (C=O) groups is 2. The van der Waals surface area contributed by atoms with E-state index in [1.54, 1.807) is 11.2 Å². The summed E-state index contributed by atoms with van der Waals surface area (Å²) in [6, 6.07) is -0.316. The Labute approximate surface area is 121 Å². The smallest absolute Gasteiger partial charge is 0.318 e. The van der Waals surface area contributed by atoms with Gasteiger partial charge in [0.1, 0.15) is 0 Å². The molecule has 5 unspecified atom stereocenters. The number of rotatable bonds is 5. The van der Waals surface area contributed by atoms with Crippen LogP contribution in [0.1, 0.15) is 32.6 Å². The van der Waals surface area contributed by atoms with E-state index < -0.39 is 22.7 Å². The maximum atomic E-state index is 12.3. The SMILES string of the molecule is CC(CCS(C)=O)NC(=O)N1C2CCC1C(C(=O)O)C2. The van der Waals surface area contributed by atoms with Gasteiger partial charge in [-0.2, -0.15) is 0 Å². The van der Waals surface area contributed by atoms with Crippen molar-refractivity contribution in [1.29, 1.82) is 0 Å². The van der Waals surface area contributed by atoms with Gasteiger partial charge in [-0.05, 0) is 32.6 Å². The lowest BCUT2D eigenvalue weighted by molar-refractivity contribution is -0.142. The summed E-state index contributed by atoms with van der Waals surface area (Å²) in [7, 11) is -0.859. The van der Waals surface area contributed by atoms with E-state index in [-0.39, 0.29) is 24.2 Å². The van der Waals surface area contributed by atoms with Crippen molar-refractivity contribution in [3.8, 4) is 0 Å². The summed E-state index contributed by atoms with van der Waals surface area (Å²) in [5.41, 5.74) is 0. The number of nitrogens with one attached hydrogen (secondary N) is 1. The lowest BCUT2D eigenvalue weighted by Crippen LogP contribution is -2.47. The fourth-order valence-electron chi connectivity index (χ4n) is 3.27. The van der Waals surface area contributed by atoms with Crippen LogP contribution in [0.2, 0.25) is 0 Å². The van der Waals surface area contributed by atoms with Crippen molar-refractivity contribution >= 4 is 22.8 Å². The highest BCUT2D eigenvalue weighted by Gasteiger charge is 2.51. The first-order valence-corrected chi connectivity index (χ1v) is 8.74. The highest BCUT2D eigenvalue weighted by atomic mass is 32.2. The van der Waals surface area contributed by atoms with Gasteiger partial charge < -0.3 is 15.3 Å². The second-order valence-corrected chi connectivity index (χ2v) is 7.36. The van der Waals surface area contributed by atoms with Crippen molar-refractivity contribution in [2.45, 2.75) is 50.7 Å². The highest BCUT2D eigenvalue weighted by molar-refractivity contribution is 7.84. The van der Waals surface area contributed by atoms with Crippen LogP contribution < -0.4 is 5.32 Å². The standard InChI is InChI=1S/C13H22N2O4S/c1-8(5-6-20(2)19)14-13(18)15-9-3-4-11(15)10(7-9)12(16)17/h8-11H,3-7H2,1-2H3,(H,14,18)(H,16,17). The van der Waals surface area contributed by atoms with Crippen LogP contribution in [0, 0.1) is 5.92 Å². The monoisotopic (exact) mass is 302 g/mol. The molecule has 114 valence electrons. The van der Waals surface area contributed by atoms with Crippen molar-refractivity contribution < 1.29 is 18.9 Å². The average molecular weight is 302 g/mol. The van der Waals surface area contributed by atoms with Gasteiger partial charge in [-0.15, -0.1) is 0 Å². The molecule has 2 amide bonds. The highest BCUT2D eigenvalue weighted by Crippen LogP contribution is 2.41. The summed E-state index contributed by atoms with van der Waals surface area (Å²) < 4.78 is 11.0. The summed E-state index contributed by atoms with van der Waals surface area (Å²) in [6.07, 6.45) is 4.56. The molecule has 2 aliphatic heterocycles. The molecule has 5 atom stereocenters. The number of carboxylic acids is 1. The van der Waals surface area contributed by atoms with Crippen molar-refractivity contribution in [3.05, 3.63) is 0 Å². The zero-order chi connectivity index (χ0) is 14.9. The third-order valence-corrected chi connectivity index (χ3v) is 5.11. The molecule has 6 nitrogen and oxygen atoms in total. The van der Waals surface area contributed by atoms with Crippen molar-refractivity contribution in [2.24, 2.45) is 5.92 Å². The first-order chi connectivity index (χ1) is 9.40. The summed E-state index contributed by atoms with van der Waals surface area (Å²) in [6.45, 7) is 1.89. The maximum absolute atomic E-state index is 12.3. The predicted octanol–water partition coefficient (Wildman–Crippen LogP) is 0.791. The van der Waals surface area contributed by atoms with Crippen LogP contribution in [0.25, 0.3) is 0 Å². The lowest BCUT2D eigenvalue weighted by atomic mass is 9.89. The Morgan fingerprint density at radius 1 is 1.45 bits per heavy atom. The van der Waals surface area contributed by atoms with E-state index in [1.165, 1.54) is 0 Å². The molecule has 2 saturated heterocycles. The zero-order valence-electron chi connectivity index (χ0n) is 11.9. The average Bonchev–Trinajstić information content (AvgIpc) is 2.93. The Hall–Kier alpha value is -1.11. The van der Waals surface area contributed by atoms with Gasteiger partial charge in [0.05, 0.1) is 5.92 Å². The molecule has 2 aliphatic rings. The molecule has 2 heterocycles. The van der Waals surface area contributed by atoms with E-state index in [2.05, 4.69) is 5.32 Å². The summed E-state index contributed by atoms with van der Waals surface area (Å²) in [5.74, 6) is -0.658. The van der Waals surface area contributed by atoms with Crippen LogP contribution in [0.3, 0.4) is 0 Å². The number of aliphatic carboxylic acids is 1. The van der Waals surface area contributed by atoms with E-state index in [4.69, 9.17) is 5.11 Å². The third-order valence-electron chi connectivity index (χ3n) is 4.30. The topological polar surface area (TPSA) is 86.7 Å². The molecule has 7 heteroatoms. The molecule has 0 spiro atoms. The first-order valence-electron chi connectivity index (χ1n) is 7.01. The van der Waals surface area contributed by atoms with Crippen molar-refractivity contribution in [2.75, 3.05) is 12.0 Å². The van der Waals surface area contributed by atoms with E-state index in [1.807, 2.05) is 6.92 Å². The molecule has 0 aromatic heterocycles. The van der Waals surface area contributed by atoms with Gasteiger partial charge in [-0.3, -0.25) is 9.00 Å². The quantitative estimate of drug-likeness (QED) is 0.786. The van der Waals surface area contributed by atoms with Gasteiger partial charge in [0.2, 0.25) is 0 Å². The minimum absolute atomic E-state index is 0.0466. The van der Waals surface area contributed by atoms with E-state index >= 15 is 0 Å². The summed E-state index contributed by atoms with van der Waals surface area (Å²) in [5, 5.41) is 12.1. The molecule has 0 saturated carbocycles. The summed E-state index contributed by atoms with van der Waals surface area (Å²) in [4.78, 5) is 25.2. The van der Waals surface area contributed by atoms with Crippen LogP contribution >= 0.6 is 0 Å². The van der Waals surface area contributed by atoms with Gasteiger partial charge in [0, 0.05) is 40.9 Å². The molecular formula is C13H22N2O4S. The van der Waals surface area contributed by atoms with Gasteiger partial charge >= 0.3 is 12.0 Å². The van der Waals surface area contributed by atoms with Gasteiger partial charge in [0.25, 0.3) is 0 Å². The van der Waals surface area contributed by atoms with Crippen LogP contribution in [0.5, 0.6) is 0 Å². The Kier molecular flexibility index (Phi) is 4.67. The van der Waals surface area contributed by atoms with Crippen molar-refractivity contribution in [1.82, 2.24) is 10.2 Å². The molecule has 0 aromatic carbocycles. The number of urea groups is 1. The normalized spacial score (nSPS) is 31.1. The number of amides is 2. The first kappa shape index (κ1) is 15.3. The van der Waals surface area contributed by atoms with Crippen LogP contribution in [0.15, 0.2) is 0 Å². The Morgan fingerprint density at radius 3 is 2.70 bits per heavy atom. The minimum Gasteiger partial charge on any atom is -0.481 e. The molecule has 20 heavy (non-hydrogen) atoms. The number of carboxylic acid groups (broad SMARTS) is 1. The Morgan fingerprint density at radius 2 is 2.15 bits per heavy atom.